The second-order valence-electron chi connectivity index (χ2n) is 7.87. The van der Waals surface area contributed by atoms with Crippen molar-refractivity contribution in [3.05, 3.63) is 111 Å². The Morgan fingerprint density at radius 3 is 2.08 bits per heavy atom. The number of aromatic nitrogens is 1. The number of anilines is 2. The Bertz CT molecular complexity index is 1450. The van der Waals surface area contributed by atoms with Crippen LogP contribution in [0, 0.1) is 0 Å². The molecule has 0 aliphatic carbocycles. The summed E-state index contributed by atoms with van der Waals surface area (Å²) in [5.41, 5.74) is 1.84. The molecule has 0 amide bonds. The fourth-order valence-electron chi connectivity index (χ4n) is 3.56. The summed E-state index contributed by atoms with van der Waals surface area (Å²) < 4.78 is 33.8. The van der Waals surface area contributed by atoms with Gasteiger partial charge in [-0.05, 0) is 29.8 Å². The van der Waals surface area contributed by atoms with E-state index in [1.165, 1.54) is 12.1 Å². The summed E-state index contributed by atoms with van der Waals surface area (Å²) in [7, 11) is -3.73. The normalized spacial score (nSPS) is 11.2. The summed E-state index contributed by atoms with van der Waals surface area (Å²) in [5, 5.41) is 0.459. The highest BCUT2D eigenvalue weighted by Gasteiger charge is 2.22. The van der Waals surface area contributed by atoms with Gasteiger partial charge in [0.15, 0.2) is 10.3 Å². The van der Waals surface area contributed by atoms with Gasteiger partial charge in [-0.25, -0.2) is 13.4 Å². The zero-order chi connectivity index (χ0) is 26.4. The number of sulfonamides is 1. The molecule has 1 aromatic heterocycles. The predicted molar refractivity (Wildman–Crippen MR) is 151 cm³/mol. The maximum Gasteiger partial charge on any atom is 0.261 e. The molecular weight excluding hydrogens is 576 g/mol. The van der Waals surface area contributed by atoms with E-state index in [0.29, 0.717) is 30.2 Å². The van der Waals surface area contributed by atoms with E-state index in [9.17, 15) is 8.42 Å². The van der Waals surface area contributed by atoms with E-state index in [4.69, 9.17) is 51.1 Å². The number of ether oxygens (including phenoxy) is 1. The largest absolute Gasteiger partial charge is 0.492 e. The molecule has 4 aromatic rings. The Balaban J connectivity index is 1.51. The maximum absolute atomic E-state index is 12.7. The highest BCUT2D eigenvalue weighted by molar-refractivity contribution is 7.92. The summed E-state index contributed by atoms with van der Waals surface area (Å²) in [5.74, 6) is 0.482. The number of benzene rings is 3. The molecular formula is C26H21Cl4N3O3S. The van der Waals surface area contributed by atoms with Crippen molar-refractivity contribution in [1.29, 1.82) is 0 Å². The van der Waals surface area contributed by atoms with Crippen molar-refractivity contribution >= 4 is 67.8 Å². The van der Waals surface area contributed by atoms with Gasteiger partial charge in [0.2, 0.25) is 0 Å². The van der Waals surface area contributed by atoms with Gasteiger partial charge in [0, 0.05) is 12.6 Å². The van der Waals surface area contributed by atoms with Crippen LogP contribution in [0.15, 0.2) is 89.8 Å². The monoisotopic (exact) mass is 595 g/mol. The average Bonchev–Trinajstić information content (AvgIpc) is 2.89. The van der Waals surface area contributed by atoms with Crippen LogP contribution >= 0.6 is 46.4 Å². The molecule has 0 saturated heterocycles. The van der Waals surface area contributed by atoms with Gasteiger partial charge in [-0.15, -0.1) is 0 Å². The molecule has 6 nitrogen and oxygen atoms in total. The van der Waals surface area contributed by atoms with Crippen molar-refractivity contribution < 1.29 is 13.2 Å². The van der Waals surface area contributed by atoms with Gasteiger partial charge in [0.1, 0.15) is 22.4 Å². The molecule has 0 aliphatic rings. The minimum absolute atomic E-state index is 0.0449. The quantitative estimate of drug-likeness (QED) is 0.191. The van der Waals surface area contributed by atoms with Crippen LogP contribution in [-0.4, -0.2) is 26.6 Å². The van der Waals surface area contributed by atoms with E-state index < -0.39 is 10.0 Å². The molecule has 0 unspecified atom stereocenters. The third kappa shape index (κ3) is 7.00. The fourth-order valence-corrected chi connectivity index (χ4v) is 5.59. The van der Waals surface area contributed by atoms with Crippen molar-refractivity contribution in [2.24, 2.45) is 0 Å². The zero-order valence-electron chi connectivity index (χ0n) is 19.2. The third-order valence-electron chi connectivity index (χ3n) is 5.28. The first-order valence-electron chi connectivity index (χ1n) is 11.0. The lowest BCUT2D eigenvalue weighted by Crippen LogP contribution is -2.28. The van der Waals surface area contributed by atoms with Crippen LogP contribution in [0.2, 0.25) is 20.4 Å². The summed E-state index contributed by atoms with van der Waals surface area (Å²) in [4.78, 5) is 6.04. The van der Waals surface area contributed by atoms with Gasteiger partial charge in [-0.2, -0.15) is 0 Å². The lowest BCUT2D eigenvalue weighted by Gasteiger charge is -2.27. The molecule has 192 valence electrons. The van der Waals surface area contributed by atoms with E-state index in [1.807, 2.05) is 35.2 Å². The van der Waals surface area contributed by atoms with Crippen LogP contribution < -0.4 is 14.4 Å². The first-order valence-corrected chi connectivity index (χ1v) is 14.0. The number of hydrogen-bond acceptors (Lipinski definition) is 5. The number of nitrogens with one attached hydrogen (secondary N) is 1. The number of nitrogens with zero attached hydrogens (tertiary/aromatic N) is 2. The van der Waals surface area contributed by atoms with Crippen molar-refractivity contribution in [3.8, 4) is 5.75 Å². The van der Waals surface area contributed by atoms with Crippen molar-refractivity contribution in [1.82, 2.24) is 4.98 Å². The highest BCUT2D eigenvalue weighted by Crippen LogP contribution is 2.41. The van der Waals surface area contributed by atoms with E-state index in [1.54, 1.807) is 42.5 Å². The predicted octanol–water partition coefficient (Wildman–Crippen LogP) is 7.58. The van der Waals surface area contributed by atoms with Gasteiger partial charge in [-0.3, -0.25) is 4.72 Å². The summed E-state index contributed by atoms with van der Waals surface area (Å²) in [6, 6.07) is 24.6. The molecule has 0 spiro atoms. The minimum atomic E-state index is -3.73. The average molecular weight is 597 g/mol. The molecule has 0 saturated carbocycles. The third-order valence-corrected chi connectivity index (χ3v) is 8.13. The fraction of sp³-hybridized carbons (Fsp3) is 0.115. The van der Waals surface area contributed by atoms with Crippen LogP contribution in [-0.2, 0) is 16.6 Å². The number of halogens is 4. The molecule has 3 aromatic carbocycles. The summed E-state index contributed by atoms with van der Waals surface area (Å²) in [6.45, 7) is 1.05. The van der Waals surface area contributed by atoms with Crippen LogP contribution in [0.25, 0.3) is 0 Å². The Kier molecular flexibility index (Phi) is 9.05. The van der Waals surface area contributed by atoms with E-state index in [0.717, 1.165) is 5.56 Å². The van der Waals surface area contributed by atoms with Crippen LogP contribution in [0.4, 0.5) is 11.4 Å². The SMILES string of the molecule is O=S(=O)(Nc1cccc(OCCN(Cc2ccccc2)c2c(Cl)c(Cl)nc(Cl)c2Cl)c1)c1ccccc1. The standard InChI is InChI=1S/C26H21Cl4N3O3S/c27-22-24(23(28)26(30)31-25(22)29)33(17-18-8-3-1-4-9-18)14-15-36-20-11-7-10-19(16-20)32-37(34,35)21-12-5-2-6-13-21/h1-13,16,32H,14-15,17H2. The van der Waals surface area contributed by atoms with Gasteiger partial charge in [0.25, 0.3) is 10.0 Å². The molecule has 1 N–H and O–H groups in total. The van der Waals surface area contributed by atoms with Gasteiger partial charge in [-0.1, -0.05) is 101 Å². The Morgan fingerprint density at radius 1 is 0.811 bits per heavy atom. The molecule has 37 heavy (non-hydrogen) atoms. The second-order valence-corrected chi connectivity index (χ2v) is 11.0. The van der Waals surface area contributed by atoms with Crippen LogP contribution in [0.5, 0.6) is 5.75 Å². The van der Waals surface area contributed by atoms with Crippen LogP contribution in [0.1, 0.15) is 5.56 Å². The van der Waals surface area contributed by atoms with E-state index in [2.05, 4.69) is 9.71 Å². The number of rotatable bonds is 10. The van der Waals surface area contributed by atoms with Crippen molar-refractivity contribution in [2.75, 3.05) is 22.8 Å². The van der Waals surface area contributed by atoms with E-state index >= 15 is 0 Å². The molecule has 0 atom stereocenters. The first kappa shape index (κ1) is 27.4. The molecule has 0 fully saturated rings. The Hall–Kier alpha value is -2.68. The molecule has 4 rings (SSSR count). The Labute approximate surface area is 235 Å². The Morgan fingerprint density at radius 2 is 1.43 bits per heavy atom. The van der Waals surface area contributed by atoms with Gasteiger partial charge in [0.05, 0.1) is 22.8 Å². The first-order chi connectivity index (χ1) is 17.7. The van der Waals surface area contributed by atoms with Crippen molar-refractivity contribution in [3.63, 3.8) is 0 Å². The molecule has 0 bridgehead atoms. The second kappa shape index (κ2) is 12.2. The lowest BCUT2D eigenvalue weighted by atomic mass is 10.2. The van der Waals surface area contributed by atoms with E-state index in [-0.39, 0.29) is 31.9 Å². The smallest absolute Gasteiger partial charge is 0.261 e. The van der Waals surface area contributed by atoms with Gasteiger partial charge >= 0.3 is 0 Å². The van der Waals surface area contributed by atoms with Crippen molar-refractivity contribution in [2.45, 2.75) is 11.4 Å². The van der Waals surface area contributed by atoms with Crippen LogP contribution in [0.3, 0.4) is 0 Å². The maximum atomic E-state index is 12.7. The molecule has 0 aliphatic heterocycles. The minimum Gasteiger partial charge on any atom is -0.492 e. The molecule has 1 heterocycles. The van der Waals surface area contributed by atoms with Gasteiger partial charge < -0.3 is 9.64 Å². The summed E-state index contributed by atoms with van der Waals surface area (Å²) >= 11 is 25.3. The highest BCUT2D eigenvalue weighted by atomic mass is 35.5. The summed E-state index contributed by atoms with van der Waals surface area (Å²) in [6.07, 6.45) is 0. The topological polar surface area (TPSA) is 71.5 Å². The lowest BCUT2D eigenvalue weighted by molar-refractivity contribution is 0.323. The molecule has 11 heteroatoms. The zero-order valence-corrected chi connectivity index (χ0v) is 23.1. The molecule has 0 radical (unpaired) electrons. The number of pyridine rings is 1. The number of hydrogen-bond donors (Lipinski definition) is 1.